The Labute approximate surface area is 79.1 Å². The average molecular weight is 201 g/mol. The van der Waals surface area contributed by atoms with Crippen LogP contribution in [0.2, 0.25) is 0 Å². The second-order valence-electron chi connectivity index (χ2n) is 3.15. The van der Waals surface area contributed by atoms with Crippen LogP contribution in [0.3, 0.4) is 0 Å². The third-order valence-electron chi connectivity index (χ3n) is 1.70. The number of hydrogen-bond donors (Lipinski definition) is 3. The van der Waals surface area contributed by atoms with E-state index in [0.29, 0.717) is 0 Å². The van der Waals surface area contributed by atoms with Gasteiger partial charge in [-0.2, -0.15) is 0 Å². The molecular formula is C7H11N3O4. The maximum atomic E-state index is 10.6. The normalized spacial score (nSPS) is 12.8. The Bertz CT molecular complexity index is 367. The number of H-pyrrole nitrogens is 1. The number of aromatic nitrogens is 2. The number of amides is 1. The second-order valence-corrected chi connectivity index (χ2v) is 3.15. The molecule has 1 unspecified atom stereocenters. The molecular weight excluding hydrogens is 190 g/mol. The standard InChI is InChI=1S/C7H11N3O4/c1-3(2)4(8-6(11)12)5-9-7(13)14-10-5/h3-4,8H,1-2H3,(H,11,12)(H,9,10,13). The summed E-state index contributed by atoms with van der Waals surface area (Å²) in [4.78, 5) is 23.4. The summed E-state index contributed by atoms with van der Waals surface area (Å²) in [7, 11) is 0. The van der Waals surface area contributed by atoms with Gasteiger partial charge in [0.2, 0.25) is 0 Å². The molecule has 0 saturated heterocycles. The van der Waals surface area contributed by atoms with Crippen molar-refractivity contribution in [2.75, 3.05) is 0 Å². The molecule has 3 N–H and O–H groups in total. The number of nitrogens with zero attached hydrogens (tertiary/aromatic N) is 1. The minimum absolute atomic E-state index is 0.0353. The van der Waals surface area contributed by atoms with Crippen LogP contribution in [0, 0.1) is 5.92 Å². The Morgan fingerprint density at radius 1 is 1.64 bits per heavy atom. The lowest BCUT2D eigenvalue weighted by Crippen LogP contribution is -2.31. The zero-order valence-corrected chi connectivity index (χ0v) is 7.77. The van der Waals surface area contributed by atoms with E-state index < -0.39 is 17.9 Å². The van der Waals surface area contributed by atoms with E-state index >= 15 is 0 Å². The van der Waals surface area contributed by atoms with E-state index in [1.807, 2.05) is 0 Å². The van der Waals surface area contributed by atoms with Crippen LogP contribution in [0.5, 0.6) is 0 Å². The number of carbonyl (C=O) groups is 1. The number of aromatic amines is 1. The molecule has 7 nitrogen and oxygen atoms in total. The highest BCUT2D eigenvalue weighted by Gasteiger charge is 2.21. The lowest BCUT2D eigenvalue weighted by Gasteiger charge is -2.16. The largest absolute Gasteiger partial charge is 0.465 e. The predicted octanol–water partition coefficient (Wildman–Crippen LogP) is 0.328. The van der Waals surface area contributed by atoms with Gasteiger partial charge in [0.15, 0.2) is 5.82 Å². The van der Waals surface area contributed by atoms with Gasteiger partial charge in [-0.05, 0) is 5.92 Å². The van der Waals surface area contributed by atoms with Crippen molar-refractivity contribution < 1.29 is 14.4 Å². The Morgan fingerprint density at radius 3 is 2.64 bits per heavy atom. The SMILES string of the molecule is CC(C)C(NC(=O)O)c1noc(=O)[nH]1. The third kappa shape index (κ3) is 2.35. The molecule has 1 aromatic heterocycles. The van der Waals surface area contributed by atoms with E-state index in [1.54, 1.807) is 13.8 Å². The van der Waals surface area contributed by atoms with E-state index in [9.17, 15) is 9.59 Å². The molecule has 0 aliphatic heterocycles. The Balaban J connectivity index is 2.88. The van der Waals surface area contributed by atoms with Gasteiger partial charge in [0.1, 0.15) is 0 Å². The molecule has 0 bridgehead atoms. The maximum Gasteiger partial charge on any atom is 0.438 e. The number of rotatable bonds is 3. The summed E-state index contributed by atoms with van der Waals surface area (Å²) in [6.45, 7) is 3.60. The molecule has 1 amide bonds. The van der Waals surface area contributed by atoms with Gasteiger partial charge in [0.05, 0.1) is 6.04 Å². The fourth-order valence-electron chi connectivity index (χ4n) is 1.06. The van der Waals surface area contributed by atoms with Crippen molar-refractivity contribution in [3.63, 3.8) is 0 Å². The van der Waals surface area contributed by atoms with Crippen LogP contribution in [0.15, 0.2) is 9.32 Å². The van der Waals surface area contributed by atoms with Crippen molar-refractivity contribution in [3.05, 3.63) is 16.4 Å². The monoisotopic (exact) mass is 201 g/mol. The molecule has 1 heterocycles. The van der Waals surface area contributed by atoms with Crippen LogP contribution in [0.1, 0.15) is 25.7 Å². The van der Waals surface area contributed by atoms with Gasteiger partial charge in [-0.15, -0.1) is 0 Å². The highest BCUT2D eigenvalue weighted by Crippen LogP contribution is 2.16. The van der Waals surface area contributed by atoms with Gasteiger partial charge in [-0.1, -0.05) is 19.0 Å². The van der Waals surface area contributed by atoms with Crippen LogP contribution in [0.25, 0.3) is 0 Å². The average Bonchev–Trinajstić information content (AvgIpc) is 2.46. The Kier molecular flexibility index (Phi) is 2.90. The molecule has 0 aliphatic carbocycles. The molecule has 1 atom stereocenters. The molecule has 1 aromatic rings. The van der Waals surface area contributed by atoms with Crippen molar-refractivity contribution in [2.45, 2.75) is 19.9 Å². The number of hydrogen-bond acceptors (Lipinski definition) is 4. The number of carboxylic acid groups (broad SMARTS) is 1. The summed E-state index contributed by atoms with van der Waals surface area (Å²) >= 11 is 0. The number of nitrogens with one attached hydrogen (secondary N) is 2. The van der Waals surface area contributed by atoms with Gasteiger partial charge < -0.3 is 10.4 Å². The highest BCUT2D eigenvalue weighted by atomic mass is 16.5. The summed E-state index contributed by atoms with van der Waals surface area (Å²) < 4.78 is 4.28. The van der Waals surface area contributed by atoms with Crippen LogP contribution in [-0.2, 0) is 0 Å². The molecule has 1 rings (SSSR count). The van der Waals surface area contributed by atoms with E-state index in [2.05, 4.69) is 20.0 Å². The molecule has 0 saturated carbocycles. The smallest absolute Gasteiger partial charge is 0.438 e. The molecule has 0 fully saturated rings. The van der Waals surface area contributed by atoms with Gasteiger partial charge in [0, 0.05) is 0 Å². The quantitative estimate of drug-likeness (QED) is 0.652. The first-order valence-electron chi connectivity index (χ1n) is 4.06. The van der Waals surface area contributed by atoms with Gasteiger partial charge in [-0.25, -0.2) is 9.59 Å². The maximum absolute atomic E-state index is 10.6. The highest BCUT2D eigenvalue weighted by molar-refractivity contribution is 5.65. The topological polar surface area (TPSA) is 108 Å². The molecule has 78 valence electrons. The first kappa shape index (κ1) is 10.3. The molecule has 0 aromatic carbocycles. The molecule has 0 aliphatic rings. The zero-order chi connectivity index (χ0) is 10.7. The summed E-state index contributed by atoms with van der Waals surface area (Å²) in [5.74, 6) is -0.544. The molecule has 7 heteroatoms. The van der Waals surface area contributed by atoms with Crippen LogP contribution >= 0.6 is 0 Å². The van der Waals surface area contributed by atoms with Crippen molar-refractivity contribution in [1.29, 1.82) is 0 Å². The first-order chi connectivity index (χ1) is 6.50. The van der Waals surface area contributed by atoms with Gasteiger partial charge in [-0.3, -0.25) is 9.51 Å². The van der Waals surface area contributed by atoms with E-state index in [-0.39, 0.29) is 11.7 Å². The van der Waals surface area contributed by atoms with Crippen LogP contribution in [-0.4, -0.2) is 21.3 Å². The summed E-state index contributed by atoms with van der Waals surface area (Å²) in [5, 5.41) is 14.2. The summed E-state index contributed by atoms with van der Waals surface area (Å²) in [6, 6.07) is -0.570. The fraction of sp³-hybridized carbons (Fsp3) is 0.571. The molecule has 14 heavy (non-hydrogen) atoms. The fourth-order valence-corrected chi connectivity index (χ4v) is 1.06. The van der Waals surface area contributed by atoms with Gasteiger partial charge in [0.25, 0.3) is 0 Å². The summed E-state index contributed by atoms with van der Waals surface area (Å²) in [6.07, 6.45) is -1.17. The molecule has 0 radical (unpaired) electrons. The van der Waals surface area contributed by atoms with Crippen molar-refractivity contribution in [1.82, 2.24) is 15.5 Å². The summed E-state index contributed by atoms with van der Waals surface area (Å²) in [5.41, 5.74) is 0. The first-order valence-corrected chi connectivity index (χ1v) is 4.06. The van der Waals surface area contributed by atoms with Gasteiger partial charge >= 0.3 is 11.8 Å². The van der Waals surface area contributed by atoms with Crippen LogP contribution < -0.4 is 11.1 Å². The second kappa shape index (κ2) is 3.95. The van der Waals surface area contributed by atoms with E-state index in [0.717, 1.165) is 0 Å². The van der Waals surface area contributed by atoms with Crippen molar-refractivity contribution in [3.8, 4) is 0 Å². The Morgan fingerprint density at radius 2 is 2.29 bits per heavy atom. The predicted molar refractivity (Wildman–Crippen MR) is 45.9 cm³/mol. The van der Waals surface area contributed by atoms with Crippen LogP contribution in [0.4, 0.5) is 4.79 Å². The van der Waals surface area contributed by atoms with Crippen molar-refractivity contribution >= 4 is 6.09 Å². The third-order valence-corrected chi connectivity index (χ3v) is 1.70. The van der Waals surface area contributed by atoms with E-state index in [1.165, 1.54) is 0 Å². The lowest BCUT2D eigenvalue weighted by molar-refractivity contribution is 0.184. The minimum atomic E-state index is -1.17. The Hall–Kier alpha value is -1.79. The minimum Gasteiger partial charge on any atom is -0.465 e. The van der Waals surface area contributed by atoms with E-state index in [4.69, 9.17) is 5.11 Å². The zero-order valence-electron chi connectivity index (χ0n) is 7.77. The van der Waals surface area contributed by atoms with Crippen molar-refractivity contribution in [2.24, 2.45) is 5.92 Å². The lowest BCUT2D eigenvalue weighted by atomic mass is 10.0. The molecule has 0 spiro atoms.